The Kier molecular flexibility index (Phi) is 3.75. The van der Waals surface area contributed by atoms with Crippen LogP contribution < -0.4 is 5.32 Å². The number of carbonyl (C=O) groups excluding carboxylic acids is 1. The molecule has 0 aromatic carbocycles. The van der Waals surface area contributed by atoms with E-state index in [1.807, 2.05) is 0 Å². The number of hydrogen-bond acceptors (Lipinski definition) is 6. The molecule has 8 nitrogen and oxygen atoms in total. The fraction of sp³-hybridized carbons (Fsp3) is 0.429. The molecule has 0 aliphatic rings. The molecule has 15 heavy (non-hydrogen) atoms. The van der Waals surface area contributed by atoms with Gasteiger partial charge in [0, 0.05) is 0 Å². The van der Waals surface area contributed by atoms with Crippen molar-refractivity contribution in [1.29, 1.82) is 0 Å². The topological polar surface area (TPSA) is 115 Å². The smallest absolute Gasteiger partial charge is 0.329 e. The summed E-state index contributed by atoms with van der Waals surface area (Å²) in [5, 5.41) is 13.9. The van der Waals surface area contributed by atoms with Crippen LogP contribution in [-0.4, -0.2) is 40.3 Å². The summed E-state index contributed by atoms with van der Waals surface area (Å²) >= 11 is 0. The minimum Gasteiger partial charge on any atom is -0.480 e. The predicted molar refractivity (Wildman–Crippen MR) is 46.1 cm³/mol. The largest absolute Gasteiger partial charge is 0.480 e. The van der Waals surface area contributed by atoms with E-state index in [2.05, 4.69) is 24.7 Å². The highest BCUT2D eigenvalue weighted by Crippen LogP contribution is 2.01. The zero-order valence-electron chi connectivity index (χ0n) is 7.89. The van der Waals surface area contributed by atoms with Crippen LogP contribution >= 0.6 is 0 Å². The van der Waals surface area contributed by atoms with Crippen molar-refractivity contribution in [2.75, 3.05) is 18.5 Å². The lowest BCUT2D eigenvalue weighted by atomic mass is 10.6. The van der Waals surface area contributed by atoms with Crippen LogP contribution in [0.3, 0.4) is 0 Å². The van der Waals surface area contributed by atoms with Crippen molar-refractivity contribution < 1.29 is 24.0 Å². The molecule has 1 aromatic rings. The van der Waals surface area contributed by atoms with Crippen LogP contribution in [-0.2, 0) is 14.3 Å². The van der Waals surface area contributed by atoms with Gasteiger partial charge in [-0.05, 0) is 6.92 Å². The Morgan fingerprint density at radius 1 is 1.53 bits per heavy atom. The quantitative estimate of drug-likeness (QED) is 0.674. The average Bonchev–Trinajstić information content (AvgIpc) is 2.50. The number of aliphatic carboxylic acids is 1. The first-order chi connectivity index (χ1) is 7.08. The third-order valence-electron chi connectivity index (χ3n) is 1.23. The molecule has 1 aromatic heterocycles. The number of nitrogens with zero attached hydrogens (tertiary/aromatic N) is 2. The van der Waals surface area contributed by atoms with Crippen LogP contribution in [0.15, 0.2) is 4.52 Å². The summed E-state index contributed by atoms with van der Waals surface area (Å²) in [6.07, 6.45) is 0. The second-order valence-corrected chi connectivity index (χ2v) is 2.58. The van der Waals surface area contributed by atoms with Gasteiger partial charge in [0.25, 0.3) is 5.91 Å². The van der Waals surface area contributed by atoms with Crippen molar-refractivity contribution in [3.8, 4) is 0 Å². The predicted octanol–water partition coefficient (Wildman–Crippen LogP) is -0.582. The molecule has 0 aliphatic carbocycles. The molecule has 0 saturated carbocycles. The third kappa shape index (κ3) is 4.18. The number of anilines is 1. The fourth-order valence-electron chi connectivity index (χ4n) is 0.734. The summed E-state index contributed by atoms with van der Waals surface area (Å²) in [6, 6.07) is -0.0450. The summed E-state index contributed by atoms with van der Waals surface area (Å²) in [6.45, 7) is 0.685. The van der Waals surface area contributed by atoms with Gasteiger partial charge in [-0.3, -0.25) is 10.1 Å². The Morgan fingerprint density at radius 2 is 2.27 bits per heavy atom. The summed E-state index contributed by atoms with van der Waals surface area (Å²) < 4.78 is 9.13. The number of rotatable bonds is 5. The average molecular weight is 215 g/mol. The van der Waals surface area contributed by atoms with Gasteiger partial charge in [-0.25, -0.2) is 4.79 Å². The standard InChI is InChI=1S/C7H9N3O5/c1-4-8-7(15-10-4)9-5(11)2-14-3-6(12)13/h2-3H2,1H3,(H,12,13)(H,8,9,10,11). The zero-order chi connectivity index (χ0) is 11.3. The number of nitrogens with one attached hydrogen (secondary N) is 1. The lowest BCUT2D eigenvalue weighted by Crippen LogP contribution is -2.20. The van der Waals surface area contributed by atoms with Crippen LogP contribution in [0.4, 0.5) is 6.01 Å². The monoisotopic (exact) mass is 215 g/mol. The number of hydrogen-bond donors (Lipinski definition) is 2. The van der Waals surface area contributed by atoms with Gasteiger partial charge >= 0.3 is 12.0 Å². The number of ether oxygens (including phenoxy) is 1. The minimum atomic E-state index is -1.14. The molecule has 0 spiro atoms. The van der Waals surface area contributed by atoms with Crippen molar-refractivity contribution in [3.63, 3.8) is 0 Å². The number of aromatic nitrogens is 2. The molecule has 0 saturated heterocycles. The highest BCUT2D eigenvalue weighted by Gasteiger charge is 2.08. The Morgan fingerprint density at radius 3 is 2.80 bits per heavy atom. The van der Waals surface area contributed by atoms with Crippen LogP contribution in [0.2, 0.25) is 0 Å². The lowest BCUT2D eigenvalue weighted by molar-refractivity contribution is -0.143. The summed E-state index contributed by atoms with van der Waals surface area (Å²) in [4.78, 5) is 24.8. The number of carboxylic acids is 1. The van der Waals surface area contributed by atoms with Crippen molar-refractivity contribution in [2.24, 2.45) is 0 Å². The van der Waals surface area contributed by atoms with Gasteiger partial charge < -0.3 is 14.4 Å². The molecule has 0 unspecified atom stereocenters. The number of carbonyl (C=O) groups is 2. The highest BCUT2D eigenvalue weighted by molar-refractivity contribution is 5.89. The Bertz CT molecular complexity index is 361. The normalized spacial score (nSPS) is 9.93. The van der Waals surface area contributed by atoms with Gasteiger partial charge in [0.05, 0.1) is 0 Å². The van der Waals surface area contributed by atoms with E-state index in [1.54, 1.807) is 6.92 Å². The van der Waals surface area contributed by atoms with Crippen LogP contribution in [0.1, 0.15) is 5.82 Å². The molecular weight excluding hydrogens is 206 g/mol. The molecular formula is C7H9N3O5. The van der Waals surface area contributed by atoms with Crippen LogP contribution in [0, 0.1) is 6.92 Å². The minimum absolute atomic E-state index is 0.0450. The molecule has 0 bridgehead atoms. The van der Waals surface area contributed by atoms with Crippen molar-refractivity contribution in [1.82, 2.24) is 10.1 Å². The molecule has 0 atom stereocenters. The summed E-state index contributed by atoms with van der Waals surface area (Å²) in [7, 11) is 0. The van der Waals surface area contributed by atoms with Crippen molar-refractivity contribution >= 4 is 17.9 Å². The van der Waals surface area contributed by atoms with Crippen LogP contribution in [0.25, 0.3) is 0 Å². The van der Waals surface area contributed by atoms with E-state index in [-0.39, 0.29) is 12.6 Å². The van der Waals surface area contributed by atoms with Crippen molar-refractivity contribution in [3.05, 3.63) is 5.82 Å². The maximum Gasteiger partial charge on any atom is 0.329 e. The number of aryl methyl sites for hydroxylation is 1. The molecule has 82 valence electrons. The SMILES string of the molecule is Cc1noc(NC(=O)COCC(=O)O)n1. The Hall–Kier alpha value is -1.96. The fourth-order valence-corrected chi connectivity index (χ4v) is 0.734. The van der Waals surface area contributed by atoms with Gasteiger partial charge in [-0.1, -0.05) is 5.16 Å². The lowest BCUT2D eigenvalue weighted by Gasteiger charge is -1.99. The Labute approximate surface area is 84.2 Å². The van der Waals surface area contributed by atoms with Gasteiger partial charge in [-0.2, -0.15) is 4.98 Å². The molecule has 8 heteroatoms. The van der Waals surface area contributed by atoms with Gasteiger partial charge in [-0.15, -0.1) is 0 Å². The first kappa shape index (κ1) is 11.1. The van der Waals surface area contributed by atoms with Gasteiger partial charge in [0.2, 0.25) is 0 Å². The van der Waals surface area contributed by atoms with E-state index in [4.69, 9.17) is 5.11 Å². The van der Waals surface area contributed by atoms with E-state index >= 15 is 0 Å². The second kappa shape index (κ2) is 5.05. The van der Waals surface area contributed by atoms with E-state index in [9.17, 15) is 9.59 Å². The molecule has 2 N–H and O–H groups in total. The van der Waals surface area contributed by atoms with E-state index in [1.165, 1.54) is 0 Å². The van der Waals surface area contributed by atoms with E-state index < -0.39 is 18.5 Å². The number of carboxylic acid groups (broad SMARTS) is 1. The van der Waals surface area contributed by atoms with Crippen LogP contribution in [0.5, 0.6) is 0 Å². The second-order valence-electron chi connectivity index (χ2n) is 2.58. The summed E-state index contributed by atoms with van der Waals surface area (Å²) in [5.41, 5.74) is 0. The molecule has 1 amide bonds. The van der Waals surface area contributed by atoms with Crippen molar-refractivity contribution in [2.45, 2.75) is 6.92 Å². The van der Waals surface area contributed by atoms with E-state index in [0.717, 1.165) is 0 Å². The molecule has 0 radical (unpaired) electrons. The maximum atomic E-state index is 11.0. The molecule has 1 heterocycles. The first-order valence-electron chi connectivity index (χ1n) is 3.97. The third-order valence-corrected chi connectivity index (χ3v) is 1.23. The zero-order valence-corrected chi connectivity index (χ0v) is 7.89. The molecule has 0 fully saturated rings. The summed E-state index contributed by atoms with van der Waals surface area (Å²) in [5.74, 6) is -1.31. The number of amides is 1. The maximum absolute atomic E-state index is 11.0. The molecule has 1 rings (SSSR count). The van der Waals surface area contributed by atoms with Gasteiger partial charge in [0.15, 0.2) is 5.82 Å². The highest BCUT2D eigenvalue weighted by atomic mass is 16.5. The van der Waals surface area contributed by atoms with E-state index in [0.29, 0.717) is 5.82 Å². The van der Waals surface area contributed by atoms with Gasteiger partial charge in [0.1, 0.15) is 13.2 Å². The Balaban J connectivity index is 2.27. The molecule has 0 aliphatic heterocycles. The first-order valence-corrected chi connectivity index (χ1v) is 3.97.